The van der Waals surface area contributed by atoms with Crippen molar-refractivity contribution in [2.24, 2.45) is 5.41 Å². The molecule has 4 fully saturated rings. The van der Waals surface area contributed by atoms with Crippen molar-refractivity contribution < 1.29 is 28.7 Å². The molecule has 0 spiro atoms. The van der Waals surface area contributed by atoms with Gasteiger partial charge in [0.15, 0.2) is 0 Å². The number of rotatable bonds is 9. The maximum absolute atomic E-state index is 14.1. The molecule has 0 saturated carbocycles. The first-order valence-electron chi connectivity index (χ1n) is 24.9. The highest BCUT2D eigenvalue weighted by Crippen LogP contribution is 2.41. The number of hydrogen-bond donors (Lipinski definition) is 2. The highest BCUT2D eigenvalue weighted by Gasteiger charge is 2.46. The lowest BCUT2D eigenvalue weighted by molar-refractivity contribution is -0.136. The van der Waals surface area contributed by atoms with E-state index >= 15 is 0 Å². The lowest BCUT2D eigenvalue weighted by atomic mass is 9.90. The molecule has 362 valence electrons. The molecule has 7 aliphatic rings. The molecule has 17 nitrogen and oxygen atoms in total. The van der Waals surface area contributed by atoms with Crippen molar-refractivity contribution in [2.75, 3.05) is 72.9 Å². The summed E-state index contributed by atoms with van der Waals surface area (Å²) in [5.41, 5.74) is 8.10. The lowest BCUT2D eigenvalue weighted by Crippen LogP contribution is -2.58. The van der Waals surface area contributed by atoms with Gasteiger partial charge in [0.25, 0.3) is 17.7 Å². The molecule has 4 saturated heterocycles. The van der Waals surface area contributed by atoms with E-state index in [0.29, 0.717) is 28.9 Å². The first-order valence-corrected chi connectivity index (χ1v) is 24.9. The molecule has 0 bridgehead atoms. The minimum atomic E-state index is -0.977. The highest BCUT2D eigenvalue weighted by atomic mass is 16.5. The Morgan fingerprint density at radius 2 is 1.51 bits per heavy atom. The van der Waals surface area contributed by atoms with Gasteiger partial charge < -0.3 is 34.2 Å². The number of amides is 5. The predicted molar refractivity (Wildman–Crippen MR) is 262 cm³/mol. The van der Waals surface area contributed by atoms with Crippen molar-refractivity contribution in [3.63, 3.8) is 0 Å². The Morgan fingerprint density at radius 3 is 2.26 bits per heavy atom. The summed E-state index contributed by atoms with van der Waals surface area (Å²) >= 11 is 0. The van der Waals surface area contributed by atoms with Crippen LogP contribution in [-0.4, -0.2) is 142 Å². The number of fused-ring (bicyclic) bond motifs is 4. The lowest BCUT2D eigenvalue weighted by Gasteiger charge is -2.47. The molecule has 11 rings (SSSR count). The third-order valence-corrected chi connectivity index (χ3v) is 16.1. The zero-order chi connectivity index (χ0) is 47.9. The van der Waals surface area contributed by atoms with Gasteiger partial charge >= 0.3 is 0 Å². The Kier molecular flexibility index (Phi) is 11.4. The van der Waals surface area contributed by atoms with Crippen molar-refractivity contribution >= 4 is 58.1 Å². The van der Waals surface area contributed by atoms with Crippen molar-refractivity contribution in [3.8, 4) is 5.88 Å². The second-order valence-electron chi connectivity index (χ2n) is 21.0. The van der Waals surface area contributed by atoms with Gasteiger partial charge in [-0.25, -0.2) is 9.97 Å². The van der Waals surface area contributed by atoms with Crippen LogP contribution in [0.4, 0.5) is 28.6 Å². The third kappa shape index (κ3) is 8.05. The average molecular weight is 938 g/mol. The van der Waals surface area contributed by atoms with Crippen molar-refractivity contribution in [1.29, 1.82) is 0 Å². The molecule has 2 N–H and O–H groups in total. The maximum atomic E-state index is 14.1. The Morgan fingerprint density at radius 1 is 0.739 bits per heavy atom. The third-order valence-electron chi connectivity index (χ3n) is 16.1. The fraction of sp³-hybridized carbons (Fsp3) is 0.519. The number of anilines is 5. The average Bonchev–Trinajstić information content (AvgIpc) is 3.93. The van der Waals surface area contributed by atoms with E-state index in [0.717, 1.165) is 124 Å². The molecule has 5 amide bonds. The van der Waals surface area contributed by atoms with Crippen LogP contribution >= 0.6 is 0 Å². The number of carbonyl (C=O) groups is 5. The second-order valence-corrected chi connectivity index (χ2v) is 21.0. The Hall–Kier alpha value is -6.49. The predicted octanol–water partition coefficient (Wildman–Crippen LogP) is 5.25. The Labute approximate surface area is 403 Å². The number of nitrogens with zero attached hydrogens (tertiary/aromatic N) is 9. The number of carbonyl (C=O) groups excluding carboxylic acids is 5. The molecule has 6 aliphatic heterocycles. The van der Waals surface area contributed by atoms with Crippen LogP contribution in [0.25, 0.3) is 0 Å². The minimum absolute atomic E-state index is 0.0913. The number of ether oxygens (including phenoxy) is 1. The standard InChI is InChI=1S/C52H63N11O6/c1-31-30-58(34-14-17-57(18-15-34)35-8-10-38-39(24-35)50(67)63(49(38)66)42-11-13-46(64)56-47(42)65)19-20-59(31)36-9-12-45(53-28-36)55-40-25-37(29-54-48(40)69-5)60-16-6-7-41(32(60)2)62-22-21-61-43(51(62)68)23-33-26-52(3,4)27-44(33)61/h8-10,12,23-25,28-29,31-32,34,41-42H,6-7,11,13-22,26-27,30H2,1-5H3,(H,53,55)(H,56,64,65)/t31-,32+,41-,42?/m0/s1. The normalized spacial score (nSPS) is 25.2. The van der Waals surface area contributed by atoms with Crippen molar-refractivity contribution in [2.45, 2.75) is 116 Å². The van der Waals surface area contributed by atoms with Gasteiger partial charge in [-0.05, 0) is 112 Å². The van der Waals surface area contributed by atoms with Crippen molar-refractivity contribution in [3.05, 3.63) is 82.9 Å². The molecule has 0 radical (unpaired) electrons. The van der Waals surface area contributed by atoms with E-state index in [9.17, 15) is 24.0 Å². The summed E-state index contributed by atoms with van der Waals surface area (Å²) in [5.74, 6) is -0.621. The molecular formula is C52H63N11O6. The second kappa shape index (κ2) is 17.5. The molecule has 1 aliphatic carbocycles. The van der Waals surface area contributed by atoms with Crippen LogP contribution in [0, 0.1) is 5.41 Å². The number of benzene rings is 1. The van der Waals surface area contributed by atoms with E-state index in [2.05, 4.69) is 85.6 Å². The molecule has 4 aromatic rings. The molecule has 1 aromatic carbocycles. The van der Waals surface area contributed by atoms with Crippen molar-refractivity contribution in [1.82, 2.24) is 34.6 Å². The van der Waals surface area contributed by atoms with Gasteiger partial charge in [-0.3, -0.25) is 39.1 Å². The molecule has 1 unspecified atom stereocenters. The van der Waals surface area contributed by atoms with E-state index in [1.807, 2.05) is 24.5 Å². The van der Waals surface area contributed by atoms with E-state index < -0.39 is 23.8 Å². The van der Waals surface area contributed by atoms with Gasteiger partial charge in [0.05, 0.1) is 48.0 Å². The molecule has 17 heteroatoms. The molecule has 4 atom stereocenters. The van der Waals surface area contributed by atoms with E-state index in [4.69, 9.17) is 14.7 Å². The molecule has 69 heavy (non-hydrogen) atoms. The van der Waals surface area contributed by atoms with E-state index in [1.165, 1.54) is 11.3 Å². The van der Waals surface area contributed by atoms with Gasteiger partial charge in [0.2, 0.25) is 17.7 Å². The number of aromatic nitrogens is 3. The van der Waals surface area contributed by atoms with Crippen LogP contribution in [0.1, 0.15) is 109 Å². The molecular weight excluding hydrogens is 875 g/mol. The van der Waals surface area contributed by atoms with Gasteiger partial charge in [-0.15, -0.1) is 0 Å². The van der Waals surface area contributed by atoms with Crippen LogP contribution in [0.2, 0.25) is 0 Å². The minimum Gasteiger partial charge on any atom is -0.480 e. The monoisotopic (exact) mass is 937 g/mol. The number of methoxy groups -OCH3 is 1. The van der Waals surface area contributed by atoms with Crippen LogP contribution in [0.5, 0.6) is 5.88 Å². The number of imide groups is 2. The largest absolute Gasteiger partial charge is 0.480 e. The smallest absolute Gasteiger partial charge is 0.270 e. The molecule has 9 heterocycles. The summed E-state index contributed by atoms with van der Waals surface area (Å²) in [6, 6.07) is 13.7. The number of piperazine rings is 1. The van der Waals surface area contributed by atoms with Gasteiger partial charge in [-0.1, -0.05) is 13.8 Å². The maximum Gasteiger partial charge on any atom is 0.270 e. The topological polar surface area (TPSA) is 169 Å². The number of hydrogen-bond acceptors (Lipinski definition) is 13. The van der Waals surface area contributed by atoms with Crippen LogP contribution in [-0.2, 0) is 29.0 Å². The zero-order valence-electron chi connectivity index (χ0n) is 40.4. The summed E-state index contributed by atoms with van der Waals surface area (Å²) in [4.78, 5) is 87.5. The first kappa shape index (κ1) is 45.0. The van der Waals surface area contributed by atoms with Crippen LogP contribution < -0.4 is 30.1 Å². The summed E-state index contributed by atoms with van der Waals surface area (Å²) in [6.45, 7) is 16.0. The van der Waals surface area contributed by atoms with E-state index in [-0.39, 0.29) is 48.2 Å². The summed E-state index contributed by atoms with van der Waals surface area (Å²) < 4.78 is 8.03. The summed E-state index contributed by atoms with van der Waals surface area (Å²) in [6.07, 6.45) is 10.0. The Bertz CT molecular complexity index is 2730. The van der Waals surface area contributed by atoms with Gasteiger partial charge in [0, 0.05) is 88.3 Å². The highest BCUT2D eigenvalue weighted by molar-refractivity contribution is 6.23. The van der Waals surface area contributed by atoms with E-state index in [1.54, 1.807) is 19.2 Å². The number of nitrogens with one attached hydrogen (secondary N) is 2. The first-order chi connectivity index (χ1) is 33.2. The van der Waals surface area contributed by atoms with Crippen LogP contribution in [0.15, 0.2) is 54.9 Å². The zero-order valence-corrected chi connectivity index (χ0v) is 40.4. The fourth-order valence-corrected chi connectivity index (χ4v) is 12.6. The van der Waals surface area contributed by atoms with Crippen LogP contribution in [0.3, 0.4) is 0 Å². The SMILES string of the molecule is COc1ncc(N2CCC[C@H](N3CCn4c(cc5c4CC(C)(C)C5)C3=O)[C@H]2C)cc1Nc1ccc(N2CCN(C3CCN(c4ccc5c(c4)C(=O)N(C4CCC(=O)NC4=O)C5=O)CC3)C[C@@H]2C)cn1. The quantitative estimate of drug-likeness (QED) is 0.209. The fourth-order valence-electron chi connectivity index (χ4n) is 12.6. The summed E-state index contributed by atoms with van der Waals surface area (Å²) in [5, 5.41) is 5.76. The molecule has 3 aromatic heterocycles. The number of piperidine rings is 3. The van der Waals surface area contributed by atoms with Gasteiger partial charge in [-0.2, -0.15) is 0 Å². The van der Waals surface area contributed by atoms with Gasteiger partial charge in [0.1, 0.15) is 23.2 Å². The summed E-state index contributed by atoms with van der Waals surface area (Å²) in [7, 11) is 1.63. The number of pyridine rings is 2. The Balaban J connectivity index is 0.690.